The third-order valence-corrected chi connectivity index (χ3v) is 6.52. The van der Waals surface area contributed by atoms with E-state index >= 15 is 0 Å². The van der Waals surface area contributed by atoms with Gasteiger partial charge in [-0.25, -0.2) is 4.98 Å². The second-order valence-electron chi connectivity index (χ2n) is 8.06. The smallest absolute Gasteiger partial charge is 0.240 e. The number of thioether (sulfide) groups is 1. The Kier molecular flexibility index (Phi) is 8.89. The molecule has 0 fully saturated rings. The molecular weight excluding hydrogens is 502 g/mol. The van der Waals surface area contributed by atoms with Crippen LogP contribution in [0, 0.1) is 19.4 Å². The zero-order valence-electron chi connectivity index (χ0n) is 21.5. The lowest BCUT2D eigenvalue weighted by Gasteiger charge is -2.11. The molecule has 0 amide bonds. The molecule has 0 aliphatic rings. The highest BCUT2D eigenvalue weighted by Crippen LogP contribution is 2.29. The number of nitrogens with two attached hydrogens (primary N) is 1. The Morgan fingerprint density at radius 2 is 1.84 bits per heavy atom. The number of anilines is 2. The summed E-state index contributed by atoms with van der Waals surface area (Å²) in [7, 11) is 3.23. The SMILES string of the molecule is C#CNc1ccccc1SCCOc1cc(-n2nc(N)nc2CCc2ccc(OC)c(OC)c2)nc(C)n1. The second kappa shape index (κ2) is 12.7. The lowest BCUT2D eigenvalue weighted by Crippen LogP contribution is -2.10. The summed E-state index contributed by atoms with van der Waals surface area (Å²) in [6.07, 6.45) is 6.66. The van der Waals surface area contributed by atoms with Crippen molar-refractivity contribution in [2.45, 2.75) is 24.7 Å². The minimum Gasteiger partial charge on any atom is -0.493 e. The molecule has 4 aromatic rings. The first-order chi connectivity index (χ1) is 18.5. The van der Waals surface area contributed by atoms with E-state index in [1.54, 1.807) is 43.7 Å². The number of rotatable bonds is 12. The summed E-state index contributed by atoms with van der Waals surface area (Å²) in [5.41, 5.74) is 7.92. The van der Waals surface area contributed by atoms with Crippen molar-refractivity contribution in [3.05, 3.63) is 65.7 Å². The Balaban J connectivity index is 1.43. The molecule has 0 unspecified atom stereocenters. The normalized spacial score (nSPS) is 10.6. The molecule has 0 radical (unpaired) electrons. The monoisotopic (exact) mass is 531 g/mol. The fourth-order valence-corrected chi connectivity index (χ4v) is 4.61. The van der Waals surface area contributed by atoms with E-state index in [0.29, 0.717) is 60.0 Å². The maximum Gasteiger partial charge on any atom is 0.240 e. The standard InChI is InChI=1S/C27H29N7O3S/c1-5-29-20-8-6-7-9-23(20)38-15-14-37-26-17-25(30-18(2)31-26)34-24(32-27(28)33-34)13-11-19-10-12-21(35-3)22(16-19)36-4/h1,6-10,12,16-17,29H,11,13-15H2,2-4H3,(H2,28,33). The van der Waals surface area contributed by atoms with Crippen LogP contribution in [-0.4, -0.2) is 51.3 Å². The minimum atomic E-state index is 0.168. The van der Waals surface area contributed by atoms with Gasteiger partial charge in [0.15, 0.2) is 17.3 Å². The van der Waals surface area contributed by atoms with Gasteiger partial charge < -0.3 is 25.3 Å². The van der Waals surface area contributed by atoms with Gasteiger partial charge in [0.05, 0.1) is 26.5 Å². The number of hydrogen-bond acceptors (Lipinski definition) is 10. The summed E-state index contributed by atoms with van der Waals surface area (Å²) in [4.78, 5) is 14.4. The first-order valence-electron chi connectivity index (χ1n) is 11.8. The molecule has 4 rings (SSSR count). The second-order valence-corrected chi connectivity index (χ2v) is 9.20. The van der Waals surface area contributed by atoms with Gasteiger partial charge in [-0.1, -0.05) is 24.6 Å². The molecule has 0 atom stereocenters. The van der Waals surface area contributed by atoms with E-state index in [1.165, 1.54) is 0 Å². The van der Waals surface area contributed by atoms with Crippen LogP contribution in [0.3, 0.4) is 0 Å². The largest absolute Gasteiger partial charge is 0.493 e. The number of ether oxygens (including phenoxy) is 3. The molecule has 0 aliphatic carbocycles. The Bertz CT molecular complexity index is 1430. The summed E-state index contributed by atoms with van der Waals surface area (Å²) in [5, 5.41) is 7.28. The van der Waals surface area contributed by atoms with Crippen LogP contribution in [0.25, 0.3) is 5.82 Å². The van der Waals surface area contributed by atoms with Crippen LogP contribution in [0.4, 0.5) is 11.6 Å². The number of para-hydroxylation sites is 1. The van der Waals surface area contributed by atoms with Gasteiger partial charge >= 0.3 is 0 Å². The number of nitrogens with one attached hydrogen (secondary N) is 1. The van der Waals surface area contributed by atoms with Crippen LogP contribution in [0.5, 0.6) is 17.4 Å². The molecule has 3 N–H and O–H groups in total. The third kappa shape index (κ3) is 6.66. The van der Waals surface area contributed by atoms with Gasteiger partial charge in [0.25, 0.3) is 0 Å². The number of aromatic nitrogens is 5. The fourth-order valence-electron chi connectivity index (χ4n) is 3.78. The maximum atomic E-state index is 5.96. The van der Waals surface area contributed by atoms with E-state index in [0.717, 1.165) is 16.1 Å². The zero-order valence-corrected chi connectivity index (χ0v) is 22.3. The van der Waals surface area contributed by atoms with Crippen LogP contribution in [0.2, 0.25) is 0 Å². The highest BCUT2D eigenvalue weighted by Gasteiger charge is 2.15. The Morgan fingerprint density at radius 3 is 2.63 bits per heavy atom. The van der Waals surface area contributed by atoms with E-state index in [2.05, 4.69) is 31.4 Å². The highest BCUT2D eigenvalue weighted by atomic mass is 32.2. The molecule has 0 bridgehead atoms. The molecular formula is C27H29N7O3S. The van der Waals surface area contributed by atoms with Crippen LogP contribution in [-0.2, 0) is 12.8 Å². The molecule has 0 saturated carbocycles. The summed E-state index contributed by atoms with van der Waals surface area (Å²) in [5.74, 6) is 4.44. The van der Waals surface area contributed by atoms with Gasteiger partial charge in [-0.2, -0.15) is 14.6 Å². The van der Waals surface area contributed by atoms with E-state index in [4.69, 9.17) is 26.4 Å². The number of nitrogens with zero attached hydrogens (tertiary/aromatic N) is 5. The van der Waals surface area contributed by atoms with Gasteiger partial charge in [0.1, 0.15) is 11.6 Å². The predicted octanol–water partition coefficient (Wildman–Crippen LogP) is 3.92. The molecule has 196 valence electrons. The number of benzene rings is 2. The van der Waals surface area contributed by atoms with Crippen molar-refractivity contribution in [1.29, 1.82) is 0 Å². The van der Waals surface area contributed by atoms with Crippen LogP contribution >= 0.6 is 11.8 Å². The molecule has 11 heteroatoms. The number of hydrogen-bond donors (Lipinski definition) is 2. The zero-order chi connectivity index (χ0) is 26.9. The average Bonchev–Trinajstić information content (AvgIpc) is 3.30. The highest BCUT2D eigenvalue weighted by molar-refractivity contribution is 7.99. The molecule has 2 aromatic heterocycles. The van der Waals surface area contributed by atoms with Gasteiger partial charge in [-0.3, -0.25) is 0 Å². The van der Waals surface area contributed by atoms with Gasteiger partial charge in [0, 0.05) is 29.2 Å². The van der Waals surface area contributed by atoms with E-state index < -0.39 is 0 Å². The average molecular weight is 532 g/mol. The number of nitrogen functional groups attached to an aromatic ring is 1. The van der Waals surface area contributed by atoms with Crippen molar-refractivity contribution in [2.24, 2.45) is 0 Å². The summed E-state index contributed by atoms with van der Waals surface area (Å²) in [6.45, 7) is 2.24. The van der Waals surface area contributed by atoms with Crippen molar-refractivity contribution >= 4 is 23.4 Å². The van der Waals surface area contributed by atoms with Crippen molar-refractivity contribution in [3.63, 3.8) is 0 Å². The predicted molar refractivity (Wildman–Crippen MR) is 148 cm³/mol. The number of aryl methyl sites for hydroxylation is 3. The lowest BCUT2D eigenvalue weighted by molar-refractivity contribution is 0.328. The number of terminal acetylenes is 1. The molecule has 0 aliphatic heterocycles. The fraction of sp³-hybridized carbons (Fsp3) is 0.259. The summed E-state index contributed by atoms with van der Waals surface area (Å²) < 4.78 is 18.3. The topological polar surface area (TPSA) is 122 Å². The van der Waals surface area contributed by atoms with E-state index in [1.807, 2.05) is 42.5 Å². The Labute approximate surface area is 226 Å². The van der Waals surface area contributed by atoms with Crippen LogP contribution < -0.4 is 25.3 Å². The maximum absolute atomic E-state index is 5.96. The summed E-state index contributed by atoms with van der Waals surface area (Å²) in [6, 6.07) is 17.9. The number of methoxy groups -OCH3 is 2. The first-order valence-corrected chi connectivity index (χ1v) is 12.8. The molecule has 38 heavy (non-hydrogen) atoms. The van der Waals surface area contributed by atoms with E-state index in [-0.39, 0.29) is 5.95 Å². The lowest BCUT2D eigenvalue weighted by atomic mass is 10.1. The summed E-state index contributed by atoms with van der Waals surface area (Å²) >= 11 is 1.64. The third-order valence-electron chi connectivity index (χ3n) is 5.48. The Morgan fingerprint density at radius 1 is 1.03 bits per heavy atom. The molecule has 0 spiro atoms. The van der Waals surface area contributed by atoms with Gasteiger partial charge in [-0.05, 0) is 43.2 Å². The molecule has 0 saturated heterocycles. The van der Waals surface area contributed by atoms with Crippen molar-refractivity contribution in [1.82, 2.24) is 24.7 Å². The van der Waals surface area contributed by atoms with Gasteiger partial charge in [-0.15, -0.1) is 16.9 Å². The minimum absolute atomic E-state index is 0.168. The van der Waals surface area contributed by atoms with Crippen LogP contribution in [0.1, 0.15) is 17.2 Å². The van der Waals surface area contributed by atoms with Crippen LogP contribution in [0.15, 0.2) is 53.4 Å². The molecule has 2 heterocycles. The quantitative estimate of drug-likeness (QED) is 0.120. The van der Waals surface area contributed by atoms with Crippen molar-refractivity contribution in [2.75, 3.05) is 37.6 Å². The van der Waals surface area contributed by atoms with Gasteiger partial charge in [0.2, 0.25) is 11.8 Å². The molecule has 10 nitrogen and oxygen atoms in total. The Hall–Kier alpha value is -4.43. The first kappa shape index (κ1) is 26.6. The van der Waals surface area contributed by atoms with Crippen molar-refractivity contribution < 1.29 is 14.2 Å². The van der Waals surface area contributed by atoms with E-state index in [9.17, 15) is 0 Å². The molecule has 2 aromatic carbocycles. The van der Waals surface area contributed by atoms with Crippen molar-refractivity contribution in [3.8, 4) is 35.7 Å².